The van der Waals surface area contributed by atoms with Gasteiger partial charge in [0.25, 0.3) is 0 Å². The molecule has 1 aromatic heterocycles. The second kappa shape index (κ2) is 3.06. The van der Waals surface area contributed by atoms with E-state index < -0.39 is 0 Å². The zero-order valence-corrected chi connectivity index (χ0v) is 10.3. The van der Waals surface area contributed by atoms with E-state index in [1.165, 1.54) is 28.2 Å². The van der Waals surface area contributed by atoms with E-state index in [1.807, 2.05) is 0 Å². The molecular weight excluding hydrogens is 195 g/mol. The number of aryl methyl sites for hydroxylation is 1. The molecule has 1 aromatic rings. The summed E-state index contributed by atoms with van der Waals surface area (Å²) in [5.41, 5.74) is 6.83. The van der Waals surface area contributed by atoms with E-state index in [2.05, 4.69) is 62.7 Å². The number of nitrogens with zero attached hydrogens (tertiary/aromatic N) is 2. The highest BCUT2D eigenvalue weighted by Gasteiger charge is 2.32. The first-order valence-electron chi connectivity index (χ1n) is 5.80. The summed E-state index contributed by atoms with van der Waals surface area (Å²) >= 11 is 0. The molecule has 0 saturated heterocycles. The molecule has 0 fully saturated rings. The van der Waals surface area contributed by atoms with Crippen molar-refractivity contribution in [3.8, 4) is 0 Å². The highest BCUT2D eigenvalue weighted by molar-refractivity contribution is 6.33. The van der Waals surface area contributed by atoms with Gasteiger partial charge in [0.2, 0.25) is 0 Å². The lowest BCUT2D eigenvalue weighted by Gasteiger charge is -2.31. The van der Waals surface area contributed by atoms with E-state index in [0.29, 0.717) is 6.04 Å². The van der Waals surface area contributed by atoms with E-state index >= 15 is 0 Å². The molecule has 2 aliphatic heterocycles. The van der Waals surface area contributed by atoms with Gasteiger partial charge in [0.1, 0.15) is 0 Å². The van der Waals surface area contributed by atoms with E-state index in [9.17, 15) is 0 Å². The first-order chi connectivity index (χ1) is 7.59. The van der Waals surface area contributed by atoms with Crippen molar-refractivity contribution in [1.82, 2.24) is 9.29 Å². The zero-order valence-electron chi connectivity index (χ0n) is 10.3. The van der Waals surface area contributed by atoms with Crippen molar-refractivity contribution in [3.63, 3.8) is 0 Å². The molecule has 2 nitrogen and oxygen atoms in total. The standard InChI is InChI=1S/C13H16BN2/c1-8-5-6-12-7-13-10(3)9(2)11(4)16(13)14-15(8)12/h5-7,11H,1-4H3. The maximum absolute atomic E-state index is 2.37. The first-order valence-corrected chi connectivity index (χ1v) is 5.80. The van der Waals surface area contributed by atoms with Crippen LogP contribution < -0.4 is 0 Å². The molecule has 0 aliphatic carbocycles. The van der Waals surface area contributed by atoms with Gasteiger partial charge in [0.05, 0.1) is 0 Å². The molecule has 0 N–H and O–H groups in total. The second-order valence-electron chi connectivity index (χ2n) is 4.81. The van der Waals surface area contributed by atoms with E-state index in [-0.39, 0.29) is 0 Å². The normalized spacial score (nSPS) is 22.9. The maximum Gasteiger partial charge on any atom is 0.396 e. The molecule has 0 saturated carbocycles. The van der Waals surface area contributed by atoms with Gasteiger partial charge in [-0.05, 0) is 57.0 Å². The number of rotatable bonds is 0. The third-order valence-electron chi connectivity index (χ3n) is 3.98. The lowest BCUT2D eigenvalue weighted by molar-refractivity contribution is 0.498. The summed E-state index contributed by atoms with van der Waals surface area (Å²) in [5.74, 6) is 0. The fourth-order valence-electron chi connectivity index (χ4n) is 2.58. The third kappa shape index (κ3) is 1.09. The summed E-state index contributed by atoms with van der Waals surface area (Å²) in [6, 6.07) is 4.84. The Morgan fingerprint density at radius 3 is 2.69 bits per heavy atom. The Morgan fingerprint density at radius 2 is 1.94 bits per heavy atom. The Balaban J connectivity index is 2.15. The van der Waals surface area contributed by atoms with Crippen molar-refractivity contribution in [1.29, 1.82) is 0 Å². The average molecular weight is 211 g/mol. The average Bonchev–Trinajstić information content (AvgIpc) is 2.74. The third-order valence-corrected chi connectivity index (χ3v) is 3.98. The van der Waals surface area contributed by atoms with E-state index in [1.54, 1.807) is 0 Å². The lowest BCUT2D eigenvalue weighted by atomic mass is 9.98. The van der Waals surface area contributed by atoms with E-state index in [4.69, 9.17) is 0 Å². The van der Waals surface area contributed by atoms with Gasteiger partial charge in [-0.1, -0.05) is 0 Å². The molecule has 0 bridgehead atoms. The molecule has 1 unspecified atom stereocenters. The van der Waals surface area contributed by atoms with Gasteiger partial charge in [-0.15, -0.1) is 0 Å². The highest BCUT2D eigenvalue weighted by atomic mass is 15.2. The van der Waals surface area contributed by atoms with Gasteiger partial charge in [-0.3, -0.25) is 0 Å². The van der Waals surface area contributed by atoms with Gasteiger partial charge < -0.3 is 9.29 Å². The van der Waals surface area contributed by atoms with Crippen LogP contribution in [0.4, 0.5) is 0 Å². The van der Waals surface area contributed by atoms with Crippen LogP contribution >= 0.6 is 0 Å². The van der Waals surface area contributed by atoms with Crippen molar-refractivity contribution in [3.05, 3.63) is 40.4 Å². The number of fused-ring (bicyclic) bond motifs is 2. The number of hydrogen-bond donors (Lipinski definition) is 0. The van der Waals surface area contributed by atoms with Gasteiger partial charge in [0.15, 0.2) is 0 Å². The zero-order chi connectivity index (χ0) is 11.4. The smallest absolute Gasteiger partial charge is 0.392 e. The Labute approximate surface area is 97.5 Å². The van der Waals surface area contributed by atoms with Crippen LogP contribution in [0.2, 0.25) is 0 Å². The summed E-state index contributed by atoms with van der Waals surface area (Å²) in [6.07, 6.45) is 2.29. The Kier molecular flexibility index (Phi) is 1.88. The van der Waals surface area contributed by atoms with Crippen molar-refractivity contribution < 1.29 is 0 Å². The molecule has 2 aliphatic rings. The largest absolute Gasteiger partial charge is 0.396 e. The highest BCUT2D eigenvalue weighted by Crippen LogP contribution is 2.36. The van der Waals surface area contributed by atoms with Crippen LogP contribution in [0.25, 0.3) is 6.08 Å². The first kappa shape index (κ1) is 9.82. The Morgan fingerprint density at radius 1 is 1.19 bits per heavy atom. The SMILES string of the molecule is CC1=C(C)C(C)N2[B]n3c(C)ccc3C=C12. The molecule has 3 rings (SSSR count). The maximum atomic E-state index is 2.37. The van der Waals surface area contributed by atoms with E-state index in [0.717, 1.165) is 0 Å². The van der Waals surface area contributed by atoms with Gasteiger partial charge in [-0.2, -0.15) is 0 Å². The molecule has 16 heavy (non-hydrogen) atoms. The van der Waals surface area contributed by atoms with Crippen molar-refractivity contribution in [2.45, 2.75) is 33.7 Å². The van der Waals surface area contributed by atoms with Gasteiger partial charge >= 0.3 is 7.55 Å². The molecular formula is C13H16BN2. The van der Waals surface area contributed by atoms with Crippen LogP contribution in [0, 0.1) is 6.92 Å². The van der Waals surface area contributed by atoms with Crippen LogP contribution in [-0.2, 0) is 0 Å². The Bertz CT molecular complexity index is 522. The van der Waals surface area contributed by atoms with Crippen LogP contribution in [0.5, 0.6) is 0 Å². The van der Waals surface area contributed by atoms with Crippen LogP contribution in [0.1, 0.15) is 32.2 Å². The predicted molar refractivity (Wildman–Crippen MR) is 68.0 cm³/mol. The number of allylic oxidation sites excluding steroid dienone is 1. The molecule has 3 heterocycles. The Hall–Kier alpha value is -1.38. The summed E-state index contributed by atoms with van der Waals surface area (Å²) in [7, 11) is 2.23. The molecule has 3 heteroatoms. The predicted octanol–water partition coefficient (Wildman–Crippen LogP) is 2.57. The van der Waals surface area contributed by atoms with Gasteiger partial charge in [-0.25, -0.2) is 0 Å². The molecule has 1 atom stereocenters. The fraction of sp³-hybridized carbons (Fsp3) is 0.385. The van der Waals surface area contributed by atoms with Gasteiger partial charge in [0, 0.05) is 23.1 Å². The van der Waals surface area contributed by atoms with Crippen LogP contribution in [0.3, 0.4) is 0 Å². The summed E-state index contributed by atoms with van der Waals surface area (Å²) in [6.45, 7) is 8.86. The van der Waals surface area contributed by atoms with Crippen molar-refractivity contribution in [2.24, 2.45) is 0 Å². The molecule has 0 amide bonds. The topological polar surface area (TPSA) is 8.17 Å². The monoisotopic (exact) mass is 211 g/mol. The minimum atomic E-state index is 0.487. The number of hydrogen-bond acceptors (Lipinski definition) is 1. The molecule has 81 valence electrons. The summed E-state index contributed by atoms with van der Waals surface area (Å²) in [4.78, 5) is 2.37. The fourth-order valence-corrected chi connectivity index (χ4v) is 2.58. The van der Waals surface area contributed by atoms with Crippen LogP contribution in [-0.4, -0.2) is 22.9 Å². The minimum absolute atomic E-state index is 0.487. The summed E-state index contributed by atoms with van der Waals surface area (Å²) in [5, 5.41) is 0. The molecule has 1 radical (unpaired) electrons. The minimum Gasteiger partial charge on any atom is -0.392 e. The number of aromatic nitrogens is 1. The lowest BCUT2D eigenvalue weighted by Crippen LogP contribution is -2.38. The van der Waals surface area contributed by atoms with Crippen molar-refractivity contribution >= 4 is 13.6 Å². The summed E-state index contributed by atoms with van der Waals surface area (Å²) < 4.78 is 2.26. The molecule has 0 aromatic carbocycles. The quantitative estimate of drug-likeness (QED) is 0.598. The molecule has 0 spiro atoms. The van der Waals surface area contributed by atoms with Crippen LogP contribution in [0.15, 0.2) is 29.0 Å². The van der Waals surface area contributed by atoms with Crippen molar-refractivity contribution in [2.75, 3.05) is 0 Å². The second-order valence-corrected chi connectivity index (χ2v) is 4.81.